The van der Waals surface area contributed by atoms with Gasteiger partial charge < -0.3 is 10.1 Å². The molecule has 178 valence electrons. The van der Waals surface area contributed by atoms with Gasteiger partial charge in [0.05, 0.1) is 29.2 Å². The molecular formula is C23H19F4N3O3S. The van der Waals surface area contributed by atoms with Crippen molar-refractivity contribution in [3.8, 4) is 5.75 Å². The first-order chi connectivity index (χ1) is 16.1. The Morgan fingerprint density at radius 3 is 2.59 bits per heavy atom. The van der Waals surface area contributed by atoms with Crippen LogP contribution in [0.25, 0.3) is 6.08 Å². The summed E-state index contributed by atoms with van der Waals surface area (Å²) >= 11 is 1.06. The molecule has 2 amide bonds. The van der Waals surface area contributed by atoms with E-state index >= 15 is 0 Å². The number of hydrogen-bond donors (Lipinski definition) is 1. The average molecular weight is 493 g/mol. The zero-order valence-electron chi connectivity index (χ0n) is 18.0. The van der Waals surface area contributed by atoms with Crippen LogP contribution in [0.5, 0.6) is 5.75 Å². The van der Waals surface area contributed by atoms with Gasteiger partial charge in [-0.1, -0.05) is 12.1 Å². The first-order valence-corrected chi connectivity index (χ1v) is 10.8. The van der Waals surface area contributed by atoms with Gasteiger partial charge in [-0.3, -0.25) is 14.5 Å². The smallest absolute Gasteiger partial charge is 0.416 e. The number of thiazole rings is 1. The molecule has 3 rings (SSSR count). The maximum atomic E-state index is 14.2. The van der Waals surface area contributed by atoms with Gasteiger partial charge >= 0.3 is 6.18 Å². The molecule has 34 heavy (non-hydrogen) atoms. The number of anilines is 3. The van der Waals surface area contributed by atoms with Gasteiger partial charge in [-0.15, -0.1) is 11.3 Å². The van der Waals surface area contributed by atoms with Crippen LogP contribution in [-0.2, 0) is 15.8 Å². The van der Waals surface area contributed by atoms with Gasteiger partial charge in [0.15, 0.2) is 5.13 Å². The van der Waals surface area contributed by atoms with Crippen LogP contribution in [0.3, 0.4) is 0 Å². The third-order valence-corrected chi connectivity index (χ3v) is 5.22. The fourth-order valence-corrected chi connectivity index (χ4v) is 3.76. The second-order valence-electron chi connectivity index (χ2n) is 6.83. The Balaban J connectivity index is 1.79. The summed E-state index contributed by atoms with van der Waals surface area (Å²) in [5.74, 6) is -1.68. The molecule has 1 aromatic heterocycles. The van der Waals surface area contributed by atoms with E-state index in [0.717, 1.165) is 40.5 Å². The zero-order valence-corrected chi connectivity index (χ0v) is 18.8. The fraction of sp³-hybridized carbons (Fsp3) is 0.174. The standard InChI is InChI=1S/C23H19F4N3O3S/c1-3-33-20-10-8-15(23(25,26)27)12-18(20)29-21(32)11-9-16-13-34-22(28-16)30(14(2)31)19-7-5-4-6-17(19)24/h4-13H,3H2,1-2H3,(H,29,32)/b11-9+. The quantitative estimate of drug-likeness (QED) is 0.322. The van der Waals surface area contributed by atoms with E-state index in [1.54, 1.807) is 18.4 Å². The number of para-hydroxylation sites is 1. The topological polar surface area (TPSA) is 71.5 Å². The van der Waals surface area contributed by atoms with Gasteiger partial charge in [-0.25, -0.2) is 9.37 Å². The summed E-state index contributed by atoms with van der Waals surface area (Å²) < 4.78 is 58.6. The van der Waals surface area contributed by atoms with Gasteiger partial charge in [-0.2, -0.15) is 13.2 Å². The molecule has 0 aliphatic rings. The SMILES string of the molecule is CCOc1ccc(C(F)(F)F)cc1NC(=O)/C=C/c1csc(N(C(C)=O)c2ccccc2F)n1. The third-order valence-electron chi connectivity index (χ3n) is 4.38. The van der Waals surface area contributed by atoms with E-state index in [9.17, 15) is 27.2 Å². The molecule has 0 fully saturated rings. The van der Waals surface area contributed by atoms with Crippen molar-refractivity contribution in [2.45, 2.75) is 20.0 Å². The second-order valence-corrected chi connectivity index (χ2v) is 7.66. The van der Waals surface area contributed by atoms with Crippen molar-refractivity contribution in [2.75, 3.05) is 16.8 Å². The highest BCUT2D eigenvalue weighted by Gasteiger charge is 2.31. The Kier molecular flexibility index (Phi) is 7.67. The van der Waals surface area contributed by atoms with Crippen LogP contribution in [0.2, 0.25) is 0 Å². The number of benzene rings is 2. The number of nitrogens with zero attached hydrogens (tertiary/aromatic N) is 2. The summed E-state index contributed by atoms with van der Waals surface area (Å²) in [6.45, 7) is 3.12. The first kappa shape index (κ1) is 24.9. The summed E-state index contributed by atoms with van der Waals surface area (Å²) in [6.07, 6.45) is -2.18. The summed E-state index contributed by atoms with van der Waals surface area (Å²) in [7, 11) is 0. The number of hydrogen-bond acceptors (Lipinski definition) is 5. The van der Waals surface area contributed by atoms with Crippen LogP contribution >= 0.6 is 11.3 Å². The van der Waals surface area contributed by atoms with Gasteiger partial charge in [0, 0.05) is 18.4 Å². The van der Waals surface area contributed by atoms with Crippen LogP contribution in [0.15, 0.2) is 53.9 Å². The van der Waals surface area contributed by atoms with E-state index in [0.29, 0.717) is 5.69 Å². The Morgan fingerprint density at radius 1 is 1.21 bits per heavy atom. The van der Waals surface area contributed by atoms with Gasteiger partial charge in [0.1, 0.15) is 11.6 Å². The normalized spacial score (nSPS) is 11.5. The molecule has 6 nitrogen and oxygen atoms in total. The van der Waals surface area contributed by atoms with Crippen LogP contribution in [0.4, 0.5) is 34.1 Å². The molecule has 0 atom stereocenters. The number of rotatable bonds is 7. The minimum atomic E-state index is -4.59. The molecular weight excluding hydrogens is 474 g/mol. The minimum Gasteiger partial charge on any atom is -0.492 e. The number of alkyl halides is 3. The molecule has 3 aromatic rings. The Morgan fingerprint density at radius 2 is 1.94 bits per heavy atom. The Labute approximate surface area is 196 Å². The summed E-state index contributed by atoms with van der Waals surface area (Å²) in [5.41, 5.74) is -0.734. The number of carbonyl (C=O) groups is 2. The summed E-state index contributed by atoms with van der Waals surface area (Å²) in [4.78, 5) is 29.8. The lowest BCUT2D eigenvalue weighted by Gasteiger charge is -2.18. The van der Waals surface area contributed by atoms with Crippen molar-refractivity contribution < 1.29 is 31.9 Å². The van der Waals surface area contributed by atoms with Crippen LogP contribution in [-0.4, -0.2) is 23.4 Å². The van der Waals surface area contributed by atoms with E-state index in [-0.39, 0.29) is 28.9 Å². The maximum absolute atomic E-state index is 14.2. The average Bonchev–Trinajstić information content (AvgIpc) is 3.22. The van der Waals surface area contributed by atoms with Crippen molar-refractivity contribution >= 4 is 45.7 Å². The Bertz CT molecular complexity index is 1220. The van der Waals surface area contributed by atoms with Crippen molar-refractivity contribution in [1.29, 1.82) is 0 Å². The largest absolute Gasteiger partial charge is 0.492 e. The molecule has 0 saturated heterocycles. The third kappa shape index (κ3) is 5.98. The number of carbonyl (C=O) groups excluding carboxylic acids is 2. The molecule has 0 aliphatic heterocycles. The monoisotopic (exact) mass is 493 g/mol. The highest BCUT2D eigenvalue weighted by molar-refractivity contribution is 7.14. The van der Waals surface area contributed by atoms with E-state index in [1.165, 1.54) is 31.2 Å². The molecule has 1 heterocycles. The van der Waals surface area contributed by atoms with Crippen molar-refractivity contribution in [2.24, 2.45) is 0 Å². The van der Waals surface area contributed by atoms with Crippen molar-refractivity contribution in [1.82, 2.24) is 4.98 Å². The molecule has 1 N–H and O–H groups in total. The van der Waals surface area contributed by atoms with Crippen LogP contribution in [0.1, 0.15) is 25.1 Å². The molecule has 0 aliphatic carbocycles. The second kappa shape index (κ2) is 10.5. The number of ether oxygens (including phenoxy) is 1. The Hall–Kier alpha value is -3.73. The zero-order chi connectivity index (χ0) is 24.9. The van der Waals surface area contributed by atoms with Crippen molar-refractivity contribution in [3.05, 3.63) is 71.0 Å². The molecule has 0 unspecified atom stereocenters. The lowest BCUT2D eigenvalue weighted by atomic mass is 10.1. The number of nitrogens with one attached hydrogen (secondary N) is 1. The predicted octanol–water partition coefficient (Wildman–Crippen LogP) is 6.04. The lowest BCUT2D eigenvalue weighted by Crippen LogP contribution is -2.23. The molecule has 0 spiro atoms. The molecule has 11 heteroatoms. The molecule has 0 bridgehead atoms. The number of amides is 2. The highest BCUT2D eigenvalue weighted by atomic mass is 32.1. The highest BCUT2D eigenvalue weighted by Crippen LogP contribution is 2.35. The van der Waals surface area contributed by atoms with Crippen LogP contribution < -0.4 is 15.0 Å². The molecule has 0 radical (unpaired) electrons. The molecule has 2 aromatic carbocycles. The van der Waals surface area contributed by atoms with Gasteiger partial charge in [0.25, 0.3) is 0 Å². The number of aromatic nitrogens is 1. The van der Waals surface area contributed by atoms with Crippen LogP contribution in [0, 0.1) is 5.82 Å². The predicted molar refractivity (Wildman–Crippen MR) is 122 cm³/mol. The summed E-state index contributed by atoms with van der Waals surface area (Å²) in [6, 6.07) is 8.52. The summed E-state index contributed by atoms with van der Waals surface area (Å²) in [5, 5.41) is 4.11. The molecule has 0 saturated carbocycles. The first-order valence-electron chi connectivity index (χ1n) is 9.94. The maximum Gasteiger partial charge on any atom is 0.416 e. The van der Waals surface area contributed by atoms with E-state index < -0.39 is 29.4 Å². The lowest BCUT2D eigenvalue weighted by molar-refractivity contribution is -0.137. The fourth-order valence-electron chi connectivity index (χ4n) is 2.92. The van der Waals surface area contributed by atoms with E-state index in [4.69, 9.17) is 4.74 Å². The van der Waals surface area contributed by atoms with Gasteiger partial charge in [0.2, 0.25) is 11.8 Å². The minimum absolute atomic E-state index is 0.0330. The van der Waals surface area contributed by atoms with E-state index in [1.807, 2.05) is 0 Å². The van der Waals surface area contributed by atoms with Gasteiger partial charge in [-0.05, 0) is 43.3 Å². The van der Waals surface area contributed by atoms with E-state index in [2.05, 4.69) is 10.3 Å². The number of halogens is 4. The van der Waals surface area contributed by atoms with Crippen molar-refractivity contribution in [3.63, 3.8) is 0 Å².